The number of rotatable bonds is 68. The fourth-order valence-corrected chi connectivity index (χ4v) is 15.1. The van der Waals surface area contributed by atoms with Crippen LogP contribution < -0.4 is 125 Å². The number of fused-ring (bicyclic) bond motifs is 1. The number of aromatic nitrogens is 1. The number of aliphatic hydroxyl groups excluding tert-OH is 1. The summed E-state index contributed by atoms with van der Waals surface area (Å²) in [7, 11) is 0. The minimum absolute atomic E-state index is 0.0414. The maximum atomic E-state index is 14.8. The first-order chi connectivity index (χ1) is 65.9. The molecular formula is C94H161N25O22. The highest BCUT2D eigenvalue weighted by Crippen LogP contribution is 2.22. The van der Waals surface area contributed by atoms with Gasteiger partial charge in [0.1, 0.15) is 90.6 Å². The van der Waals surface area contributed by atoms with E-state index in [0.717, 1.165) is 0 Å². The second-order valence-electron chi connectivity index (χ2n) is 38.8. The first-order valence-corrected chi connectivity index (χ1v) is 48.6. The zero-order valence-corrected chi connectivity index (χ0v) is 84.9. The molecule has 1 aromatic heterocycles. The van der Waals surface area contributed by atoms with Crippen LogP contribution in [0, 0.1) is 52.8 Å². The van der Waals surface area contributed by atoms with Crippen LogP contribution in [0.1, 0.15) is 246 Å². The van der Waals surface area contributed by atoms with E-state index < -0.39 is 289 Å². The molecule has 0 unspecified atom stereocenters. The highest BCUT2D eigenvalue weighted by Gasteiger charge is 2.41. The number of aromatic amines is 1. The normalized spacial score (nSPS) is 15.5. The van der Waals surface area contributed by atoms with Crippen molar-refractivity contribution in [2.75, 3.05) is 19.6 Å². The van der Waals surface area contributed by atoms with Crippen molar-refractivity contribution in [3.8, 4) is 0 Å². The molecule has 2 aromatic rings. The van der Waals surface area contributed by atoms with E-state index >= 15 is 0 Å². The molecule has 19 atom stereocenters. The molecule has 1 aromatic carbocycles. The van der Waals surface area contributed by atoms with E-state index in [0.29, 0.717) is 35.7 Å². The Balaban J connectivity index is 2.55. The third kappa shape index (κ3) is 46.5. The maximum absolute atomic E-state index is 14.8. The molecule has 0 spiro atoms. The SMILES string of the molecule is CC[C@H](C)[C@H](NC(=O)CNC(=O)[C@H](Cc1c[nH]c2ccccc12)NC(=O)[C@@H](NC(=O)[C@@H](NC(=O)[C@H](CC(C)C)NC(=O)[C@H](CCC(N)=O)NC(=O)[C@H](CC(C)C)NC(=O)[C@@H](N)CC(C)C)[C@@H](C)O)C(C)C)C(=O)N[C@@H](CCCCN)C(=O)N[C@@H](CCC(N)=O)C(=O)N[C@@H](CC(C)C)C(=O)N[C@@H](CCC(N)=O)C(=O)N[C@@H](C)C(=O)N[C@@H](CCCNC(=N)N)C(=O)N[C@H](C(=O)N[C@@H](CC(C)C)C(=O)O)[C@@H](C)CC. The summed E-state index contributed by atoms with van der Waals surface area (Å²) >= 11 is 0. The number of carboxylic acid groups (broad SMARTS) is 1. The molecule has 19 amide bonds. The van der Waals surface area contributed by atoms with Crippen molar-refractivity contribution in [3.05, 3.63) is 36.0 Å². The number of hydrogen-bond acceptors (Lipinski definition) is 24. The third-order valence-electron chi connectivity index (χ3n) is 23.4. The number of nitrogens with two attached hydrogens (primary N) is 6. The fourth-order valence-electron chi connectivity index (χ4n) is 15.1. The van der Waals surface area contributed by atoms with Crippen LogP contribution in [0.25, 0.3) is 10.9 Å². The molecule has 47 heteroatoms. The van der Waals surface area contributed by atoms with Gasteiger partial charge in [-0.3, -0.25) is 96.5 Å². The monoisotopic (exact) mass is 1990 g/mol. The summed E-state index contributed by atoms with van der Waals surface area (Å²) in [6, 6.07) is -16.4. The number of carbonyl (C=O) groups is 20. The number of unbranched alkanes of at least 4 members (excludes halogenated alkanes) is 1. The van der Waals surface area contributed by atoms with Crippen LogP contribution in [0.3, 0.4) is 0 Å². The lowest BCUT2D eigenvalue weighted by molar-refractivity contribution is -0.143. The van der Waals surface area contributed by atoms with E-state index in [9.17, 15) is 106 Å². The van der Waals surface area contributed by atoms with Crippen molar-refractivity contribution >= 4 is 135 Å². The van der Waals surface area contributed by atoms with Crippen LogP contribution in [0.4, 0.5) is 0 Å². The first kappa shape index (κ1) is 124. The molecule has 1 heterocycles. The summed E-state index contributed by atoms with van der Waals surface area (Å²) in [5, 5.41) is 73.1. The number of primary amides is 3. The quantitative estimate of drug-likeness (QED) is 0.0179. The van der Waals surface area contributed by atoms with Crippen LogP contribution in [-0.4, -0.2) is 262 Å². The number of carboxylic acids is 1. The Kier molecular flexibility index (Phi) is 55.7. The summed E-state index contributed by atoms with van der Waals surface area (Å²) in [5.41, 5.74) is 35.2. The van der Waals surface area contributed by atoms with Gasteiger partial charge < -0.3 is 140 Å². The number of hydrogen-bond donors (Lipinski definition) is 27. The van der Waals surface area contributed by atoms with E-state index in [1.807, 2.05) is 13.8 Å². The van der Waals surface area contributed by atoms with Gasteiger partial charge in [-0.1, -0.05) is 142 Å². The number of H-pyrrole nitrogens is 1. The molecule has 0 fully saturated rings. The zero-order chi connectivity index (χ0) is 107. The molecule has 794 valence electrons. The number of guanidine groups is 1. The molecule has 0 radical (unpaired) electrons. The number of carbonyl (C=O) groups excluding carboxylic acids is 19. The van der Waals surface area contributed by atoms with E-state index in [1.54, 1.807) is 127 Å². The van der Waals surface area contributed by atoms with Gasteiger partial charge in [-0.05, 0) is 163 Å². The highest BCUT2D eigenvalue weighted by atomic mass is 16.4. The summed E-state index contributed by atoms with van der Waals surface area (Å²) in [5.74, 6) is -22.3. The number of aliphatic hydroxyl groups is 1. The van der Waals surface area contributed by atoms with Gasteiger partial charge in [-0.25, -0.2) is 4.79 Å². The summed E-state index contributed by atoms with van der Waals surface area (Å²) in [4.78, 5) is 281. The summed E-state index contributed by atoms with van der Waals surface area (Å²) < 4.78 is 0. The van der Waals surface area contributed by atoms with Gasteiger partial charge in [-0.2, -0.15) is 0 Å². The smallest absolute Gasteiger partial charge is 0.326 e. The molecule has 33 N–H and O–H groups in total. The first-order valence-electron chi connectivity index (χ1n) is 48.6. The van der Waals surface area contributed by atoms with Gasteiger partial charge in [0.05, 0.1) is 18.7 Å². The molecule has 2 rings (SSSR count). The molecule has 0 aliphatic rings. The molecule has 0 aliphatic heterocycles. The second kappa shape index (κ2) is 63.2. The van der Waals surface area contributed by atoms with Crippen molar-refractivity contribution in [1.29, 1.82) is 5.41 Å². The second-order valence-corrected chi connectivity index (χ2v) is 38.8. The Morgan fingerprint density at radius 1 is 0.369 bits per heavy atom. The molecule has 0 saturated heterocycles. The lowest BCUT2D eigenvalue weighted by Gasteiger charge is -2.30. The van der Waals surface area contributed by atoms with Crippen LogP contribution in [-0.2, 0) is 102 Å². The van der Waals surface area contributed by atoms with Gasteiger partial charge in [-0.15, -0.1) is 0 Å². The number of nitrogens with one attached hydrogen (secondary N) is 19. The van der Waals surface area contributed by atoms with Crippen molar-refractivity contribution in [3.63, 3.8) is 0 Å². The van der Waals surface area contributed by atoms with E-state index in [1.165, 1.54) is 13.8 Å². The number of benzene rings is 1. The average Bonchev–Trinajstić information content (AvgIpc) is 1.69. The van der Waals surface area contributed by atoms with Crippen molar-refractivity contribution in [2.24, 2.45) is 81.7 Å². The Hall–Kier alpha value is -12.7. The average molecular weight is 1990 g/mol. The van der Waals surface area contributed by atoms with E-state index in [-0.39, 0.29) is 107 Å². The Labute approximate surface area is 825 Å². The topological polar surface area (TPSA) is 782 Å². The van der Waals surface area contributed by atoms with Gasteiger partial charge in [0.25, 0.3) is 0 Å². The molecule has 47 nitrogen and oxygen atoms in total. The predicted octanol–water partition coefficient (Wildman–Crippen LogP) is -2.92. The summed E-state index contributed by atoms with van der Waals surface area (Å²) in [6.45, 7) is 29.2. The highest BCUT2D eigenvalue weighted by molar-refractivity contribution is 6.02. The Morgan fingerprint density at radius 2 is 0.716 bits per heavy atom. The van der Waals surface area contributed by atoms with Crippen molar-refractivity contribution in [2.45, 2.75) is 349 Å². The molecule has 0 bridgehead atoms. The minimum Gasteiger partial charge on any atom is -0.480 e. The molecule has 141 heavy (non-hydrogen) atoms. The molecular weight excluding hydrogens is 1830 g/mol. The van der Waals surface area contributed by atoms with Crippen LogP contribution in [0.2, 0.25) is 0 Å². The molecule has 0 saturated carbocycles. The number of para-hydroxylation sites is 1. The van der Waals surface area contributed by atoms with Gasteiger partial charge >= 0.3 is 5.97 Å². The largest absolute Gasteiger partial charge is 0.480 e. The van der Waals surface area contributed by atoms with Crippen molar-refractivity contribution < 1.29 is 106 Å². The van der Waals surface area contributed by atoms with Crippen LogP contribution >= 0.6 is 0 Å². The number of aliphatic carboxylic acids is 1. The van der Waals surface area contributed by atoms with Crippen LogP contribution in [0.5, 0.6) is 0 Å². The van der Waals surface area contributed by atoms with Crippen LogP contribution in [0.15, 0.2) is 30.5 Å². The minimum atomic E-state index is -1.82. The van der Waals surface area contributed by atoms with Gasteiger partial charge in [0, 0.05) is 49.3 Å². The lowest BCUT2D eigenvalue weighted by Crippen LogP contribution is -2.62. The van der Waals surface area contributed by atoms with Gasteiger partial charge in [0.15, 0.2) is 5.96 Å². The standard InChI is InChI=1S/C94H161N25O22/c1-19-52(15)75(116-73(124)45-104-80(127)68(43-56-44-103-59-27-22-21-26-57(56)59)114-89(136)74(51(13)14)117-92(139)77(55(18)120)119-88(135)67(41-49(9)10)113-84(131)64(32-35-72(99)123)109-86(133)65(39-47(5)6)111-79(126)58(96)38-46(3)4)90(137)110-60(28-23-24-36-95)82(129)107-63(31-34-71(98)122)83(130)112-66(40-48(7)8)87(134)108-62(30-33-70(97)121)81(128)105-54(17)78(125)106-61(29-25-37-102-94(100)101)85(132)118-76(53(16)20-2)91(138)115-69(93(140)141)42-50(11)12/h21-22,26-27,44,46-55,58,60-69,74-77,103,120H,19-20,23-25,28-43,45,95-96H2,1-18H3,(H2,97,121)(H2,98,122)(H2,99,123)(H,104,127)(H,105,128)(H,106,125)(H,107,129)(H,108,134)(H,109,133)(H,110,137)(H,111,126)(H,112,130)(H,113,131)(H,114,136)(H,115,138)(H,116,124)(H,117,139)(H,118,132)(H,119,135)(H,140,141)(H4,100,101,102)/t52-,53-,54-,55+,58-,60-,61-,62-,63-,64-,65-,66-,67-,68-,69-,74-,75-,76-,77-/m0/s1. The maximum Gasteiger partial charge on any atom is 0.326 e. The molecule has 0 aliphatic carbocycles. The third-order valence-corrected chi connectivity index (χ3v) is 23.4. The Morgan fingerprint density at radius 3 is 1.14 bits per heavy atom. The van der Waals surface area contributed by atoms with Gasteiger partial charge in [0.2, 0.25) is 112 Å². The van der Waals surface area contributed by atoms with E-state index in [4.69, 9.17) is 39.8 Å². The predicted molar refractivity (Wildman–Crippen MR) is 525 cm³/mol. The zero-order valence-electron chi connectivity index (χ0n) is 84.9. The number of amides is 19. The van der Waals surface area contributed by atoms with E-state index in [2.05, 4.69) is 95.4 Å². The Bertz CT molecular complexity index is 4520. The lowest BCUT2D eigenvalue weighted by atomic mass is 9.96. The summed E-state index contributed by atoms with van der Waals surface area (Å²) in [6.07, 6.45) is -1.87. The van der Waals surface area contributed by atoms with Crippen molar-refractivity contribution in [1.82, 2.24) is 95.4 Å². The fraction of sp³-hybridized carbons (Fsp3) is 0.691.